The van der Waals surface area contributed by atoms with Crippen LogP contribution in [0.15, 0.2) is 94.4 Å². The van der Waals surface area contributed by atoms with Crippen molar-refractivity contribution < 1.29 is 27.7 Å². The second-order valence-electron chi connectivity index (χ2n) is 10.1. The highest BCUT2D eigenvalue weighted by molar-refractivity contribution is 7.89. The van der Waals surface area contributed by atoms with Gasteiger partial charge in [0.15, 0.2) is 17.3 Å². The molecule has 0 fully saturated rings. The van der Waals surface area contributed by atoms with E-state index in [-0.39, 0.29) is 47.3 Å². The summed E-state index contributed by atoms with van der Waals surface area (Å²) < 4.78 is 47.5. The number of nitrogens with one attached hydrogen (secondary N) is 1. The molecule has 0 unspecified atom stereocenters. The molecule has 41 heavy (non-hydrogen) atoms. The number of sulfonamides is 1. The highest BCUT2D eigenvalue weighted by Gasteiger charge is 2.27. The van der Waals surface area contributed by atoms with Gasteiger partial charge in [0.05, 0.1) is 24.3 Å². The summed E-state index contributed by atoms with van der Waals surface area (Å²) in [6.45, 7) is 5.76. The van der Waals surface area contributed by atoms with Gasteiger partial charge in [-0.05, 0) is 54.2 Å². The summed E-state index contributed by atoms with van der Waals surface area (Å²) >= 11 is 0. The first-order chi connectivity index (χ1) is 19.6. The van der Waals surface area contributed by atoms with E-state index < -0.39 is 10.0 Å². The Kier molecular flexibility index (Phi) is 9.41. The van der Waals surface area contributed by atoms with Crippen LogP contribution in [0.3, 0.4) is 0 Å². The molecule has 216 valence electrons. The standard InChI is InChI=1S/C30H34N4O6S/c1-30(2,3)21-13-15-22(16-14-21)41(36,37)34-23-9-7-10-24(28-31-17-8-18-32-28)33-29(39-20-19-35)27(23)40-26-12-6-5-11-25(26)38-4/h5-6,8,10-18,34-35H,7,9,19-20H2,1-4H3. The molecule has 1 aliphatic heterocycles. The van der Waals surface area contributed by atoms with E-state index in [9.17, 15) is 13.5 Å². The molecule has 0 saturated heterocycles. The summed E-state index contributed by atoms with van der Waals surface area (Å²) in [5.41, 5.74) is 1.51. The number of aliphatic hydroxyl groups is 1. The fourth-order valence-corrected chi connectivity index (χ4v) is 5.12. The lowest BCUT2D eigenvalue weighted by atomic mass is 9.87. The third kappa shape index (κ3) is 7.50. The Morgan fingerprint density at radius 2 is 1.66 bits per heavy atom. The Labute approximate surface area is 240 Å². The van der Waals surface area contributed by atoms with Crippen molar-refractivity contribution in [3.8, 4) is 11.5 Å². The Hall–Kier alpha value is -4.22. The topological polar surface area (TPSA) is 132 Å². The predicted octanol–water partition coefficient (Wildman–Crippen LogP) is 4.59. The van der Waals surface area contributed by atoms with Crippen molar-refractivity contribution in [2.75, 3.05) is 20.3 Å². The molecule has 0 aliphatic carbocycles. The number of nitrogens with zero attached hydrogens (tertiary/aromatic N) is 3. The molecule has 2 aromatic carbocycles. The Morgan fingerprint density at radius 1 is 0.976 bits per heavy atom. The van der Waals surface area contributed by atoms with Gasteiger partial charge < -0.3 is 19.3 Å². The second kappa shape index (κ2) is 13.0. The third-order valence-electron chi connectivity index (χ3n) is 6.12. The molecule has 0 amide bonds. The van der Waals surface area contributed by atoms with Crippen molar-refractivity contribution in [2.24, 2.45) is 4.99 Å². The van der Waals surface area contributed by atoms with Crippen LogP contribution in [0, 0.1) is 0 Å². The monoisotopic (exact) mass is 578 g/mol. The molecule has 1 aliphatic rings. The number of aliphatic imine (C=N–C) groups is 1. The fourth-order valence-electron chi connectivity index (χ4n) is 3.99. The maximum atomic E-state index is 13.6. The minimum atomic E-state index is -4.03. The van der Waals surface area contributed by atoms with E-state index in [0.717, 1.165) is 5.56 Å². The molecule has 0 saturated carbocycles. The van der Waals surface area contributed by atoms with E-state index in [2.05, 4.69) is 40.5 Å². The van der Waals surface area contributed by atoms with Crippen molar-refractivity contribution in [1.29, 1.82) is 0 Å². The van der Waals surface area contributed by atoms with E-state index >= 15 is 0 Å². The average Bonchev–Trinajstić information content (AvgIpc) is 2.96. The van der Waals surface area contributed by atoms with Crippen LogP contribution < -0.4 is 14.2 Å². The molecular formula is C30H34N4O6S. The van der Waals surface area contributed by atoms with Crippen molar-refractivity contribution in [3.63, 3.8) is 0 Å². The smallest absolute Gasteiger partial charge is 0.261 e. The van der Waals surface area contributed by atoms with E-state index in [1.54, 1.807) is 73.1 Å². The highest BCUT2D eigenvalue weighted by Crippen LogP contribution is 2.31. The van der Waals surface area contributed by atoms with Crippen LogP contribution in [0.4, 0.5) is 0 Å². The zero-order valence-electron chi connectivity index (χ0n) is 23.5. The number of methoxy groups -OCH3 is 1. The first-order valence-corrected chi connectivity index (χ1v) is 14.6. The molecule has 11 heteroatoms. The number of benzene rings is 2. The van der Waals surface area contributed by atoms with Gasteiger partial charge in [-0.3, -0.25) is 4.72 Å². The molecule has 2 heterocycles. The van der Waals surface area contributed by atoms with Gasteiger partial charge in [0, 0.05) is 12.4 Å². The molecule has 0 radical (unpaired) electrons. The molecule has 2 N–H and O–H groups in total. The summed E-state index contributed by atoms with van der Waals surface area (Å²) in [6, 6.07) is 15.4. The van der Waals surface area contributed by atoms with Crippen LogP contribution in [0.2, 0.25) is 0 Å². The van der Waals surface area contributed by atoms with Gasteiger partial charge in [0.1, 0.15) is 12.3 Å². The highest BCUT2D eigenvalue weighted by atomic mass is 32.2. The number of hydrogen-bond donors (Lipinski definition) is 2. The molecule has 4 rings (SSSR count). The van der Waals surface area contributed by atoms with Crippen molar-refractivity contribution in [2.45, 2.75) is 43.9 Å². The number of ether oxygens (including phenoxy) is 3. The zero-order valence-corrected chi connectivity index (χ0v) is 24.3. The van der Waals surface area contributed by atoms with Crippen LogP contribution in [0.1, 0.15) is 45.0 Å². The van der Waals surface area contributed by atoms with Crippen molar-refractivity contribution >= 4 is 21.6 Å². The van der Waals surface area contributed by atoms with Crippen LogP contribution >= 0.6 is 0 Å². The normalized spacial score (nSPS) is 14.4. The maximum absolute atomic E-state index is 13.6. The first kappa shape index (κ1) is 29.8. The van der Waals surface area contributed by atoms with E-state index in [4.69, 9.17) is 14.2 Å². The molecule has 0 atom stereocenters. The van der Waals surface area contributed by atoms with Crippen LogP contribution in [0.25, 0.3) is 5.70 Å². The van der Waals surface area contributed by atoms with Gasteiger partial charge in [0.25, 0.3) is 15.9 Å². The van der Waals surface area contributed by atoms with Crippen molar-refractivity contribution in [1.82, 2.24) is 14.7 Å². The number of hydrogen-bond acceptors (Lipinski definition) is 9. The fraction of sp³-hybridized carbons (Fsp3) is 0.300. The molecule has 3 aromatic rings. The summed E-state index contributed by atoms with van der Waals surface area (Å²) in [6.07, 6.45) is 5.60. The van der Waals surface area contributed by atoms with Crippen molar-refractivity contribution in [3.05, 3.63) is 95.9 Å². The summed E-state index contributed by atoms with van der Waals surface area (Å²) in [5, 5.41) is 9.54. The van der Waals surface area contributed by atoms with Gasteiger partial charge in [-0.15, -0.1) is 0 Å². The van der Waals surface area contributed by atoms with Crippen LogP contribution in [-0.2, 0) is 20.2 Å². The lowest BCUT2D eigenvalue weighted by Gasteiger charge is -2.22. The van der Waals surface area contributed by atoms with Gasteiger partial charge in [-0.25, -0.2) is 23.4 Å². The lowest BCUT2D eigenvalue weighted by Crippen LogP contribution is -2.29. The third-order valence-corrected chi connectivity index (χ3v) is 7.52. The number of para-hydroxylation sites is 2. The SMILES string of the molecule is COc1ccccc1OC1=C(NS(=O)(=O)c2ccc(C(C)(C)C)cc2)CCC=C(c2ncccn2)N=C1OCCO. The van der Waals surface area contributed by atoms with Crippen LogP contribution in [-0.4, -0.2) is 49.7 Å². The first-order valence-electron chi connectivity index (χ1n) is 13.1. The van der Waals surface area contributed by atoms with E-state index in [1.807, 2.05) is 0 Å². The maximum Gasteiger partial charge on any atom is 0.261 e. The quantitative estimate of drug-likeness (QED) is 0.377. The summed E-state index contributed by atoms with van der Waals surface area (Å²) in [4.78, 5) is 13.3. The van der Waals surface area contributed by atoms with E-state index in [0.29, 0.717) is 29.4 Å². The lowest BCUT2D eigenvalue weighted by molar-refractivity contribution is 0.189. The van der Waals surface area contributed by atoms with Gasteiger partial charge in [0.2, 0.25) is 5.76 Å². The predicted molar refractivity (Wildman–Crippen MR) is 156 cm³/mol. The van der Waals surface area contributed by atoms with Gasteiger partial charge in [-0.2, -0.15) is 0 Å². The van der Waals surface area contributed by atoms with Gasteiger partial charge in [-0.1, -0.05) is 51.1 Å². The number of aromatic nitrogens is 2. The zero-order chi connectivity index (χ0) is 29.5. The second-order valence-corrected chi connectivity index (χ2v) is 11.8. The minimum absolute atomic E-state index is 0.0272. The van der Waals surface area contributed by atoms with E-state index in [1.165, 1.54) is 7.11 Å². The molecule has 1 aromatic heterocycles. The average molecular weight is 579 g/mol. The molecular weight excluding hydrogens is 544 g/mol. The minimum Gasteiger partial charge on any atom is -0.493 e. The van der Waals surface area contributed by atoms with Gasteiger partial charge >= 0.3 is 0 Å². The molecule has 10 nitrogen and oxygen atoms in total. The number of aliphatic hydroxyl groups excluding tert-OH is 1. The summed E-state index contributed by atoms with van der Waals surface area (Å²) in [5.74, 6) is 1.07. The van der Waals surface area contributed by atoms with Crippen LogP contribution in [0.5, 0.6) is 11.5 Å². The molecule has 0 spiro atoms. The summed E-state index contributed by atoms with van der Waals surface area (Å²) in [7, 11) is -2.52. The number of allylic oxidation sites excluding steroid dienone is 2. The largest absolute Gasteiger partial charge is 0.493 e. The number of rotatable bonds is 9. The Balaban J connectivity index is 1.83. The molecule has 0 bridgehead atoms. The Morgan fingerprint density at radius 3 is 2.29 bits per heavy atom. The Bertz CT molecular complexity index is 1540.